The number of carbonyl (C=O) groups excluding carboxylic acids is 1. The van der Waals surface area contributed by atoms with Crippen LogP contribution in [0.25, 0.3) is 0 Å². The number of nitrogens with zero attached hydrogens (tertiary/aromatic N) is 2. The minimum atomic E-state index is -1.28. The fourth-order valence-electron chi connectivity index (χ4n) is 1.47. The van der Waals surface area contributed by atoms with Gasteiger partial charge in [0.25, 0.3) is 5.91 Å². The lowest BCUT2D eigenvalue weighted by Crippen LogP contribution is -2.39. The van der Waals surface area contributed by atoms with Crippen molar-refractivity contribution in [2.75, 3.05) is 0 Å². The van der Waals surface area contributed by atoms with E-state index in [1.54, 1.807) is 0 Å². The molecule has 0 aliphatic carbocycles. The van der Waals surface area contributed by atoms with Crippen LogP contribution in [0.5, 0.6) is 0 Å². The first-order chi connectivity index (χ1) is 8.68. The van der Waals surface area contributed by atoms with Crippen molar-refractivity contribution in [3.05, 3.63) is 35.9 Å². The van der Waals surface area contributed by atoms with E-state index in [4.69, 9.17) is 9.84 Å². The fourth-order valence-corrected chi connectivity index (χ4v) is 1.47. The predicted molar refractivity (Wildman–Crippen MR) is 63.6 cm³/mol. The molecule has 0 aromatic heterocycles. The minimum Gasteiger partial charge on any atom is -0.477 e. The first-order valence-corrected chi connectivity index (χ1v) is 5.21. The number of amides is 1. The molecule has 0 spiro atoms. The SMILES string of the molecule is O=C(O)C1=NC=NC(=O)C1OCc1ccccc1. The monoisotopic (exact) mass is 246 g/mol. The van der Waals surface area contributed by atoms with Gasteiger partial charge >= 0.3 is 5.97 Å². The molecule has 0 saturated heterocycles. The maximum absolute atomic E-state index is 11.5. The molecule has 0 fully saturated rings. The number of rotatable bonds is 4. The van der Waals surface area contributed by atoms with Crippen LogP contribution >= 0.6 is 0 Å². The van der Waals surface area contributed by atoms with Gasteiger partial charge in [0.05, 0.1) is 6.61 Å². The van der Waals surface area contributed by atoms with Gasteiger partial charge in [0, 0.05) is 0 Å². The highest BCUT2D eigenvalue weighted by Gasteiger charge is 2.31. The van der Waals surface area contributed by atoms with Crippen molar-refractivity contribution in [2.24, 2.45) is 9.98 Å². The van der Waals surface area contributed by atoms with Crippen molar-refractivity contribution in [2.45, 2.75) is 12.7 Å². The van der Waals surface area contributed by atoms with Crippen molar-refractivity contribution in [3.63, 3.8) is 0 Å². The Balaban J connectivity index is 2.08. The minimum absolute atomic E-state index is 0.124. The molecule has 1 aromatic rings. The largest absolute Gasteiger partial charge is 0.477 e. The van der Waals surface area contributed by atoms with E-state index in [1.165, 1.54) is 0 Å². The van der Waals surface area contributed by atoms with Gasteiger partial charge in [0.1, 0.15) is 6.34 Å². The maximum Gasteiger partial charge on any atom is 0.353 e. The Bertz CT molecular complexity index is 522. The number of carbonyl (C=O) groups is 2. The fraction of sp³-hybridized carbons (Fsp3) is 0.167. The number of aliphatic carboxylic acids is 1. The smallest absolute Gasteiger partial charge is 0.353 e. The number of aliphatic imine (C=N–C) groups is 2. The molecule has 1 amide bonds. The van der Waals surface area contributed by atoms with Gasteiger partial charge in [0.15, 0.2) is 11.8 Å². The van der Waals surface area contributed by atoms with Gasteiger partial charge < -0.3 is 9.84 Å². The van der Waals surface area contributed by atoms with Crippen molar-refractivity contribution < 1.29 is 19.4 Å². The van der Waals surface area contributed by atoms with E-state index in [0.717, 1.165) is 11.9 Å². The van der Waals surface area contributed by atoms with Gasteiger partial charge in [-0.2, -0.15) is 4.99 Å². The molecule has 6 nitrogen and oxygen atoms in total. The Morgan fingerprint density at radius 3 is 2.72 bits per heavy atom. The van der Waals surface area contributed by atoms with Crippen molar-refractivity contribution in [3.8, 4) is 0 Å². The Morgan fingerprint density at radius 1 is 1.33 bits per heavy atom. The van der Waals surface area contributed by atoms with Crippen LogP contribution in [0.15, 0.2) is 40.3 Å². The molecular formula is C12H10N2O4. The van der Waals surface area contributed by atoms with Gasteiger partial charge in [-0.3, -0.25) is 4.79 Å². The van der Waals surface area contributed by atoms with Crippen LogP contribution in [0.3, 0.4) is 0 Å². The Kier molecular flexibility index (Phi) is 3.59. The van der Waals surface area contributed by atoms with E-state index >= 15 is 0 Å². The number of carboxylic acid groups (broad SMARTS) is 1. The third-order valence-corrected chi connectivity index (χ3v) is 2.33. The molecule has 1 aliphatic heterocycles. The molecular weight excluding hydrogens is 236 g/mol. The number of ether oxygens (including phenoxy) is 1. The molecule has 1 N–H and O–H groups in total. The topological polar surface area (TPSA) is 88.3 Å². The van der Waals surface area contributed by atoms with Gasteiger partial charge in [-0.05, 0) is 5.56 Å². The molecule has 1 heterocycles. The lowest BCUT2D eigenvalue weighted by Gasteiger charge is -2.16. The third-order valence-electron chi connectivity index (χ3n) is 2.33. The summed E-state index contributed by atoms with van der Waals surface area (Å²) in [6.07, 6.45) is -0.318. The lowest BCUT2D eigenvalue weighted by molar-refractivity contribution is -0.133. The van der Waals surface area contributed by atoms with E-state index in [1.807, 2.05) is 30.3 Å². The zero-order valence-corrected chi connectivity index (χ0v) is 9.31. The highest BCUT2D eigenvalue weighted by atomic mass is 16.5. The van der Waals surface area contributed by atoms with Crippen LogP contribution in [0, 0.1) is 0 Å². The highest BCUT2D eigenvalue weighted by Crippen LogP contribution is 2.09. The highest BCUT2D eigenvalue weighted by molar-refractivity contribution is 6.43. The number of benzene rings is 1. The summed E-state index contributed by atoms with van der Waals surface area (Å²) < 4.78 is 5.28. The summed E-state index contributed by atoms with van der Waals surface area (Å²) >= 11 is 0. The van der Waals surface area contributed by atoms with Crippen LogP contribution in [-0.2, 0) is 20.9 Å². The van der Waals surface area contributed by atoms with Gasteiger partial charge in [0.2, 0.25) is 0 Å². The van der Waals surface area contributed by atoms with E-state index < -0.39 is 18.0 Å². The molecule has 1 aliphatic rings. The summed E-state index contributed by atoms with van der Waals surface area (Å²) in [4.78, 5) is 29.3. The molecule has 1 aromatic carbocycles. The number of hydrogen-bond acceptors (Lipinski definition) is 4. The normalized spacial score (nSPS) is 18.6. The summed E-state index contributed by atoms with van der Waals surface area (Å²) in [6.45, 7) is 0.124. The predicted octanol–water partition coefficient (Wildman–Crippen LogP) is 0.666. The maximum atomic E-state index is 11.5. The van der Waals surface area contributed by atoms with Crippen LogP contribution in [0.2, 0.25) is 0 Å². The Hall–Kier alpha value is -2.34. The quantitative estimate of drug-likeness (QED) is 0.845. The average Bonchev–Trinajstić information content (AvgIpc) is 2.38. The third kappa shape index (κ3) is 2.67. The molecule has 0 bridgehead atoms. The van der Waals surface area contributed by atoms with Gasteiger partial charge in [-0.1, -0.05) is 30.3 Å². The molecule has 92 valence electrons. The van der Waals surface area contributed by atoms with Crippen LogP contribution in [0.1, 0.15) is 5.56 Å². The van der Waals surface area contributed by atoms with E-state index in [0.29, 0.717) is 0 Å². The molecule has 1 unspecified atom stereocenters. The standard InChI is InChI=1S/C12H10N2O4/c15-11-10(9(12(16)17)13-7-14-11)18-6-8-4-2-1-3-5-8/h1-5,7,10H,6H2,(H,16,17). The second kappa shape index (κ2) is 5.33. The number of carboxylic acids is 1. The Morgan fingerprint density at radius 2 is 2.06 bits per heavy atom. The summed E-state index contributed by atoms with van der Waals surface area (Å²) in [5.41, 5.74) is 0.496. The van der Waals surface area contributed by atoms with E-state index in [9.17, 15) is 9.59 Å². The molecule has 18 heavy (non-hydrogen) atoms. The van der Waals surface area contributed by atoms with Crippen LogP contribution in [0.4, 0.5) is 0 Å². The summed E-state index contributed by atoms with van der Waals surface area (Å²) in [5, 5.41) is 8.90. The van der Waals surface area contributed by atoms with E-state index in [-0.39, 0.29) is 12.3 Å². The molecule has 6 heteroatoms. The molecule has 1 atom stereocenters. The first-order valence-electron chi connectivity index (χ1n) is 5.21. The van der Waals surface area contributed by atoms with Crippen molar-refractivity contribution >= 4 is 23.9 Å². The van der Waals surface area contributed by atoms with Crippen LogP contribution in [-0.4, -0.2) is 35.1 Å². The first kappa shape index (κ1) is 12.1. The van der Waals surface area contributed by atoms with E-state index in [2.05, 4.69) is 9.98 Å². The van der Waals surface area contributed by atoms with Gasteiger partial charge in [-0.25, -0.2) is 9.79 Å². The molecule has 0 saturated carbocycles. The number of hydrogen-bond donors (Lipinski definition) is 1. The molecule has 0 radical (unpaired) electrons. The second-order valence-corrected chi connectivity index (χ2v) is 3.58. The molecule has 2 rings (SSSR count). The van der Waals surface area contributed by atoms with Gasteiger partial charge in [-0.15, -0.1) is 0 Å². The average molecular weight is 246 g/mol. The Labute approximate surface area is 103 Å². The van der Waals surface area contributed by atoms with Crippen LogP contribution < -0.4 is 0 Å². The zero-order chi connectivity index (χ0) is 13.0. The summed E-state index contributed by atoms with van der Waals surface area (Å²) in [7, 11) is 0. The lowest BCUT2D eigenvalue weighted by atomic mass is 10.2. The summed E-state index contributed by atoms with van der Waals surface area (Å²) in [6, 6.07) is 9.13. The van der Waals surface area contributed by atoms with Crippen molar-refractivity contribution in [1.29, 1.82) is 0 Å². The van der Waals surface area contributed by atoms with Crippen molar-refractivity contribution in [1.82, 2.24) is 0 Å². The second-order valence-electron chi connectivity index (χ2n) is 3.58. The summed E-state index contributed by atoms with van der Waals surface area (Å²) in [5.74, 6) is -1.94. The zero-order valence-electron chi connectivity index (χ0n) is 9.31.